The second-order valence-corrected chi connectivity index (χ2v) is 7.70. The van der Waals surface area contributed by atoms with Crippen LogP contribution in [0.1, 0.15) is 25.5 Å². The van der Waals surface area contributed by atoms with Crippen LogP contribution >= 0.6 is 11.3 Å². The number of carbonyl (C=O) groups excluding carboxylic acids is 1. The van der Waals surface area contributed by atoms with Gasteiger partial charge in [0, 0.05) is 6.07 Å². The standard InChI is InChI=1S/C20H17N3O4S/c1-2-25-12-5-6-13-16(10-12)28-19(21-13)22-18(24)20(7-8-20)17-11-15(27-23-17)14-4-3-9-26-14/h3-6,9-11H,2,7-8H2,1H3,(H,21,22,24). The van der Waals surface area contributed by atoms with E-state index in [0.29, 0.717) is 29.0 Å². The van der Waals surface area contributed by atoms with E-state index in [1.807, 2.05) is 25.1 Å². The second kappa shape index (κ2) is 6.49. The van der Waals surface area contributed by atoms with Crippen LogP contribution in [0, 0.1) is 0 Å². The van der Waals surface area contributed by atoms with Crippen molar-refractivity contribution in [3.63, 3.8) is 0 Å². The van der Waals surface area contributed by atoms with E-state index in [1.54, 1.807) is 24.5 Å². The van der Waals surface area contributed by atoms with Gasteiger partial charge in [-0.25, -0.2) is 4.98 Å². The number of aromatic nitrogens is 2. The van der Waals surface area contributed by atoms with E-state index < -0.39 is 5.41 Å². The molecule has 0 atom stereocenters. The number of benzene rings is 1. The van der Waals surface area contributed by atoms with Crippen LogP contribution in [0.2, 0.25) is 0 Å². The van der Waals surface area contributed by atoms with Gasteiger partial charge in [-0.3, -0.25) is 4.79 Å². The van der Waals surface area contributed by atoms with Crippen molar-refractivity contribution in [2.45, 2.75) is 25.2 Å². The Morgan fingerprint density at radius 3 is 2.93 bits per heavy atom. The molecular weight excluding hydrogens is 378 g/mol. The summed E-state index contributed by atoms with van der Waals surface area (Å²) in [6.07, 6.45) is 3.02. The van der Waals surface area contributed by atoms with Crippen molar-refractivity contribution in [2.24, 2.45) is 0 Å². The summed E-state index contributed by atoms with van der Waals surface area (Å²) >= 11 is 1.43. The molecule has 0 aliphatic heterocycles. The molecule has 1 N–H and O–H groups in total. The zero-order valence-corrected chi connectivity index (χ0v) is 15.9. The molecule has 142 valence electrons. The molecule has 1 aromatic carbocycles. The van der Waals surface area contributed by atoms with Crippen LogP contribution in [0.3, 0.4) is 0 Å². The van der Waals surface area contributed by atoms with E-state index in [0.717, 1.165) is 28.8 Å². The van der Waals surface area contributed by atoms with Gasteiger partial charge in [-0.15, -0.1) is 0 Å². The number of thiazole rings is 1. The predicted molar refractivity (Wildman–Crippen MR) is 105 cm³/mol. The topological polar surface area (TPSA) is 90.4 Å². The zero-order valence-electron chi connectivity index (χ0n) is 15.1. The molecule has 1 saturated carbocycles. The summed E-state index contributed by atoms with van der Waals surface area (Å²) in [5.74, 6) is 1.79. The Kier molecular flexibility index (Phi) is 3.94. The number of rotatable bonds is 6. The minimum atomic E-state index is -0.664. The van der Waals surface area contributed by atoms with Crippen LogP contribution in [-0.4, -0.2) is 22.7 Å². The van der Waals surface area contributed by atoms with Crippen LogP contribution < -0.4 is 10.1 Å². The number of furan rings is 1. The molecule has 0 unspecified atom stereocenters. The number of ether oxygens (including phenoxy) is 1. The van der Waals surface area contributed by atoms with Crippen molar-refractivity contribution >= 4 is 32.6 Å². The molecule has 28 heavy (non-hydrogen) atoms. The van der Waals surface area contributed by atoms with Crippen LogP contribution in [0.5, 0.6) is 5.75 Å². The van der Waals surface area contributed by atoms with Crippen molar-refractivity contribution in [3.8, 4) is 17.3 Å². The first-order valence-electron chi connectivity index (χ1n) is 9.04. The molecule has 0 bridgehead atoms. The summed E-state index contributed by atoms with van der Waals surface area (Å²) in [6.45, 7) is 2.55. The number of nitrogens with one attached hydrogen (secondary N) is 1. The fourth-order valence-corrected chi connectivity index (χ4v) is 4.08. The first-order chi connectivity index (χ1) is 13.7. The second-order valence-electron chi connectivity index (χ2n) is 6.67. The fourth-order valence-electron chi connectivity index (χ4n) is 3.19. The Morgan fingerprint density at radius 2 is 2.18 bits per heavy atom. The Hall–Kier alpha value is -3.13. The smallest absolute Gasteiger partial charge is 0.238 e. The molecule has 1 aliphatic carbocycles. The highest BCUT2D eigenvalue weighted by atomic mass is 32.1. The molecule has 1 fully saturated rings. The Bertz CT molecular complexity index is 1140. The third-order valence-electron chi connectivity index (χ3n) is 4.84. The number of carbonyl (C=O) groups is 1. The SMILES string of the molecule is CCOc1ccc2nc(NC(=O)C3(c4cc(-c5ccco5)on4)CC3)sc2c1. The molecule has 1 aliphatic rings. The van der Waals surface area contributed by atoms with Crippen molar-refractivity contribution in [1.82, 2.24) is 10.1 Å². The van der Waals surface area contributed by atoms with E-state index in [-0.39, 0.29) is 5.91 Å². The third kappa shape index (κ3) is 2.86. The van der Waals surface area contributed by atoms with Crippen molar-refractivity contribution in [2.75, 3.05) is 11.9 Å². The zero-order chi connectivity index (χ0) is 19.1. The largest absolute Gasteiger partial charge is 0.494 e. The third-order valence-corrected chi connectivity index (χ3v) is 5.77. The van der Waals surface area contributed by atoms with E-state index in [9.17, 15) is 4.79 Å². The first kappa shape index (κ1) is 17.0. The molecular formula is C20H17N3O4S. The minimum Gasteiger partial charge on any atom is -0.494 e. The van der Waals surface area contributed by atoms with Crippen LogP contribution in [0.4, 0.5) is 5.13 Å². The fraction of sp³-hybridized carbons (Fsp3) is 0.250. The first-order valence-corrected chi connectivity index (χ1v) is 9.85. The summed E-state index contributed by atoms with van der Waals surface area (Å²) < 4.78 is 17.2. The average molecular weight is 395 g/mol. The van der Waals surface area contributed by atoms with E-state index in [1.165, 1.54) is 11.3 Å². The van der Waals surface area contributed by atoms with Crippen LogP contribution in [0.25, 0.3) is 21.7 Å². The Labute approximate surface area is 164 Å². The van der Waals surface area contributed by atoms with Crippen molar-refractivity contribution in [3.05, 3.63) is 48.4 Å². The lowest BCUT2D eigenvalue weighted by molar-refractivity contribution is -0.118. The van der Waals surface area contributed by atoms with Gasteiger partial charge in [0.05, 0.1) is 34.2 Å². The summed E-state index contributed by atoms with van der Waals surface area (Å²) in [6, 6.07) is 11.1. The molecule has 5 rings (SSSR count). The number of fused-ring (bicyclic) bond motifs is 1. The highest BCUT2D eigenvalue weighted by molar-refractivity contribution is 7.22. The maximum absolute atomic E-state index is 13.0. The summed E-state index contributed by atoms with van der Waals surface area (Å²) in [4.78, 5) is 17.5. The average Bonchev–Trinajstić information content (AvgIpc) is 3.10. The van der Waals surface area contributed by atoms with Gasteiger partial charge in [-0.1, -0.05) is 16.5 Å². The van der Waals surface area contributed by atoms with E-state index in [2.05, 4.69) is 15.5 Å². The monoisotopic (exact) mass is 395 g/mol. The molecule has 8 heteroatoms. The van der Waals surface area contributed by atoms with Gasteiger partial charge in [0.2, 0.25) is 11.7 Å². The molecule has 0 saturated heterocycles. The highest BCUT2D eigenvalue weighted by Gasteiger charge is 2.54. The van der Waals surface area contributed by atoms with Crippen molar-refractivity contribution < 1.29 is 18.5 Å². The number of hydrogen-bond acceptors (Lipinski definition) is 7. The quantitative estimate of drug-likeness (QED) is 0.513. The summed E-state index contributed by atoms with van der Waals surface area (Å²) in [5, 5.41) is 7.63. The van der Waals surface area contributed by atoms with Gasteiger partial charge in [0.15, 0.2) is 10.9 Å². The van der Waals surface area contributed by atoms with Gasteiger partial charge in [0.25, 0.3) is 0 Å². The van der Waals surface area contributed by atoms with Gasteiger partial charge in [-0.05, 0) is 50.1 Å². The number of amides is 1. The van der Waals surface area contributed by atoms with Gasteiger partial charge >= 0.3 is 0 Å². The molecule has 3 heterocycles. The number of hydrogen-bond donors (Lipinski definition) is 1. The van der Waals surface area contributed by atoms with Crippen LogP contribution in [0.15, 0.2) is 51.6 Å². The number of anilines is 1. The predicted octanol–water partition coefficient (Wildman–Crippen LogP) is 4.61. The lowest BCUT2D eigenvalue weighted by Gasteiger charge is -2.10. The normalized spacial score (nSPS) is 14.9. The summed E-state index contributed by atoms with van der Waals surface area (Å²) in [7, 11) is 0. The maximum Gasteiger partial charge on any atom is 0.238 e. The molecule has 3 aromatic heterocycles. The van der Waals surface area contributed by atoms with Gasteiger partial charge in [-0.2, -0.15) is 0 Å². The Morgan fingerprint density at radius 1 is 1.29 bits per heavy atom. The number of nitrogens with zero attached hydrogens (tertiary/aromatic N) is 2. The molecule has 0 spiro atoms. The van der Waals surface area contributed by atoms with Crippen molar-refractivity contribution in [1.29, 1.82) is 0 Å². The lowest BCUT2D eigenvalue weighted by atomic mass is 10.0. The molecule has 7 nitrogen and oxygen atoms in total. The Balaban J connectivity index is 1.37. The van der Waals surface area contributed by atoms with Crippen LogP contribution in [-0.2, 0) is 10.2 Å². The highest BCUT2D eigenvalue weighted by Crippen LogP contribution is 2.49. The van der Waals surface area contributed by atoms with Gasteiger partial charge < -0.3 is 19.0 Å². The van der Waals surface area contributed by atoms with Gasteiger partial charge in [0.1, 0.15) is 5.75 Å². The minimum absolute atomic E-state index is 0.115. The molecule has 4 aromatic rings. The maximum atomic E-state index is 13.0. The lowest BCUT2D eigenvalue weighted by Crippen LogP contribution is -2.28. The summed E-state index contributed by atoms with van der Waals surface area (Å²) in [5.41, 5.74) is 0.786. The van der Waals surface area contributed by atoms with E-state index in [4.69, 9.17) is 13.7 Å². The molecule has 0 radical (unpaired) electrons. The van der Waals surface area contributed by atoms with E-state index >= 15 is 0 Å². The molecule has 1 amide bonds.